The van der Waals surface area contributed by atoms with Gasteiger partial charge in [-0.2, -0.15) is 5.10 Å². The van der Waals surface area contributed by atoms with E-state index >= 15 is 0 Å². The van der Waals surface area contributed by atoms with E-state index in [1.54, 1.807) is 35.4 Å². The van der Waals surface area contributed by atoms with Gasteiger partial charge in [0, 0.05) is 36.5 Å². The molecule has 1 amide bonds. The first-order chi connectivity index (χ1) is 13.3. The Morgan fingerprint density at radius 3 is 2.48 bits per heavy atom. The summed E-state index contributed by atoms with van der Waals surface area (Å²) >= 11 is 0. The minimum absolute atomic E-state index is 0. The summed E-state index contributed by atoms with van der Waals surface area (Å²) in [6.45, 7) is 1.55. The van der Waals surface area contributed by atoms with E-state index in [1.807, 2.05) is 36.5 Å². The van der Waals surface area contributed by atoms with Gasteiger partial charge in [-0.25, -0.2) is 0 Å². The second kappa shape index (κ2) is 10.2. The molecule has 1 saturated heterocycles. The molecular weight excluding hydrogens is 413 g/mol. The van der Waals surface area contributed by atoms with Crippen molar-refractivity contribution in [3.05, 3.63) is 67.3 Å². The molecule has 2 aromatic heterocycles. The van der Waals surface area contributed by atoms with Crippen LogP contribution < -0.4 is 15.4 Å². The number of amides is 1. The molecule has 29 heavy (non-hydrogen) atoms. The third-order valence-corrected chi connectivity index (χ3v) is 4.77. The van der Waals surface area contributed by atoms with Gasteiger partial charge in [-0.3, -0.25) is 14.5 Å². The number of piperidine rings is 1. The van der Waals surface area contributed by atoms with Crippen LogP contribution >= 0.6 is 24.8 Å². The molecule has 0 spiro atoms. The Morgan fingerprint density at radius 1 is 1.03 bits per heavy atom. The molecule has 0 unspecified atom stereocenters. The molecule has 1 aromatic carbocycles. The number of aromatic nitrogens is 3. The first kappa shape index (κ1) is 22.7. The summed E-state index contributed by atoms with van der Waals surface area (Å²) in [6, 6.07) is 12.8. The number of hydrogen-bond donors (Lipinski definition) is 2. The fraction of sp³-hybridized carbons (Fsp3) is 0.250. The standard InChI is InChI=1S/C20H21N5O2.2ClH/c26-19(20(7-12-22-13-8-20)25-14-2-9-23-25)24-16-3-1-4-18(15-16)27-17-5-10-21-11-6-17;;/h1-6,9-11,14-15,22H,7-8,12-13H2,(H,24,26);2*1H. The van der Waals surface area contributed by atoms with Crippen LogP contribution in [0.1, 0.15) is 12.8 Å². The molecule has 1 fully saturated rings. The van der Waals surface area contributed by atoms with Crippen LogP contribution in [0.15, 0.2) is 67.3 Å². The maximum absolute atomic E-state index is 13.2. The van der Waals surface area contributed by atoms with Crippen LogP contribution in [0.4, 0.5) is 5.69 Å². The number of nitrogens with one attached hydrogen (secondary N) is 2. The fourth-order valence-electron chi connectivity index (χ4n) is 3.35. The summed E-state index contributed by atoms with van der Waals surface area (Å²) in [4.78, 5) is 17.2. The van der Waals surface area contributed by atoms with E-state index in [0.29, 0.717) is 30.0 Å². The highest BCUT2D eigenvalue weighted by molar-refractivity contribution is 5.97. The van der Waals surface area contributed by atoms with Crippen LogP contribution in [0.2, 0.25) is 0 Å². The molecule has 7 nitrogen and oxygen atoms in total. The van der Waals surface area contributed by atoms with Gasteiger partial charge in [0.05, 0.1) is 0 Å². The van der Waals surface area contributed by atoms with Gasteiger partial charge in [-0.15, -0.1) is 24.8 Å². The van der Waals surface area contributed by atoms with E-state index in [2.05, 4.69) is 20.7 Å². The quantitative estimate of drug-likeness (QED) is 0.639. The van der Waals surface area contributed by atoms with E-state index in [-0.39, 0.29) is 30.7 Å². The monoisotopic (exact) mass is 435 g/mol. The lowest BCUT2D eigenvalue weighted by Gasteiger charge is -2.36. The lowest BCUT2D eigenvalue weighted by atomic mass is 9.87. The summed E-state index contributed by atoms with van der Waals surface area (Å²) in [5.74, 6) is 1.28. The predicted octanol–water partition coefficient (Wildman–Crippen LogP) is 3.63. The lowest BCUT2D eigenvalue weighted by Crippen LogP contribution is -2.52. The van der Waals surface area contributed by atoms with Gasteiger partial charge in [-0.05, 0) is 56.3 Å². The van der Waals surface area contributed by atoms with Crippen LogP contribution in [0.25, 0.3) is 0 Å². The first-order valence-corrected chi connectivity index (χ1v) is 8.97. The number of carbonyl (C=O) groups is 1. The van der Waals surface area contributed by atoms with E-state index < -0.39 is 5.54 Å². The van der Waals surface area contributed by atoms with E-state index in [4.69, 9.17) is 4.74 Å². The van der Waals surface area contributed by atoms with Crippen molar-refractivity contribution in [2.45, 2.75) is 18.4 Å². The Balaban J connectivity index is 0.00000150. The van der Waals surface area contributed by atoms with Gasteiger partial charge in [0.2, 0.25) is 0 Å². The van der Waals surface area contributed by atoms with Crippen molar-refractivity contribution in [3.8, 4) is 11.5 Å². The maximum atomic E-state index is 13.2. The summed E-state index contributed by atoms with van der Waals surface area (Å²) < 4.78 is 7.60. The third-order valence-electron chi connectivity index (χ3n) is 4.77. The molecule has 2 N–H and O–H groups in total. The van der Waals surface area contributed by atoms with Crippen LogP contribution in [0, 0.1) is 0 Å². The van der Waals surface area contributed by atoms with Crippen molar-refractivity contribution in [1.29, 1.82) is 0 Å². The predicted molar refractivity (Wildman–Crippen MR) is 116 cm³/mol. The summed E-state index contributed by atoms with van der Waals surface area (Å²) in [7, 11) is 0. The highest BCUT2D eigenvalue weighted by atomic mass is 35.5. The molecular formula is C20H23Cl2N5O2. The van der Waals surface area contributed by atoms with Gasteiger partial charge in [0.15, 0.2) is 0 Å². The second-order valence-corrected chi connectivity index (χ2v) is 6.50. The molecule has 0 aliphatic carbocycles. The fourth-order valence-corrected chi connectivity index (χ4v) is 3.35. The number of rotatable bonds is 5. The molecule has 3 aromatic rings. The zero-order chi connectivity index (χ0) is 18.5. The average molecular weight is 436 g/mol. The van der Waals surface area contributed by atoms with Gasteiger partial charge in [0.1, 0.15) is 17.0 Å². The minimum Gasteiger partial charge on any atom is -0.457 e. The Hall–Kier alpha value is -2.61. The van der Waals surface area contributed by atoms with Crippen molar-refractivity contribution in [1.82, 2.24) is 20.1 Å². The Morgan fingerprint density at radius 2 is 1.79 bits per heavy atom. The highest BCUT2D eigenvalue weighted by Crippen LogP contribution is 2.30. The van der Waals surface area contributed by atoms with Gasteiger partial charge >= 0.3 is 0 Å². The van der Waals surface area contributed by atoms with Crippen molar-refractivity contribution < 1.29 is 9.53 Å². The molecule has 154 valence electrons. The number of ether oxygens (including phenoxy) is 1. The number of carbonyl (C=O) groups excluding carboxylic acids is 1. The van der Waals surface area contributed by atoms with Gasteiger partial charge in [-0.1, -0.05) is 6.07 Å². The van der Waals surface area contributed by atoms with Crippen LogP contribution in [-0.4, -0.2) is 33.8 Å². The van der Waals surface area contributed by atoms with E-state index in [9.17, 15) is 4.79 Å². The van der Waals surface area contributed by atoms with Crippen LogP contribution in [0.5, 0.6) is 11.5 Å². The molecule has 3 heterocycles. The third kappa shape index (κ3) is 5.06. The number of benzene rings is 1. The molecule has 4 rings (SSSR count). The molecule has 0 radical (unpaired) electrons. The largest absolute Gasteiger partial charge is 0.457 e. The molecule has 0 bridgehead atoms. The zero-order valence-corrected chi connectivity index (χ0v) is 17.3. The van der Waals surface area contributed by atoms with Crippen LogP contribution in [-0.2, 0) is 10.3 Å². The second-order valence-electron chi connectivity index (χ2n) is 6.50. The average Bonchev–Trinajstić information content (AvgIpc) is 3.25. The molecule has 0 atom stereocenters. The highest BCUT2D eigenvalue weighted by Gasteiger charge is 2.42. The number of hydrogen-bond acceptors (Lipinski definition) is 5. The lowest BCUT2D eigenvalue weighted by molar-refractivity contribution is -0.126. The number of halogens is 2. The van der Waals surface area contributed by atoms with E-state index in [0.717, 1.165) is 13.1 Å². The van der Waals surface area contributed by atoms with Crippen molar-refractivity contribution in [2.24, 2.45) is 0 Å². The van der Waals surface area contributed by atoms with Crippen molar-refractivity contribution in [3.63, 3.8) is 0 Å². The number of nitrogens with zero attached hydrogens (tertiary/aromatic N) is 3. The summed E-state index contributed by atoms with van der Waals surface area (Å²) in [6.07, 6.45) is 8.29. The molecule has 1 aliphatic heterocycles. The SMILES string of the molecule is Cl.Cl.O=C(Nc1cccc(Oc2ccncc2)c1)C1(n2cccn2)CCNCC1. The number of anilines is 1. The normalized spacial score (nSPS) is 14.8. The van der Waals surface area contributed by atoms with Gasteiger partial charge < -0.3 is 15.4 Å². The Kier molecular flexibility index (Phi) is 8.01. The summed E-state index contributed by atoms with van der Waals surface area (Å²) in [5, 5.41) is 10.7. The maximum Gasteiger partial charge on any atom is 0.252 e. The minimum atomic E-state index is -0.684. The smallest absolute Gasteiger partial charge is 0.252 e. The first-order valence-electron chi connectivity index (χ1n) is 8.97. The van der Waals surface area contributed by atoms with Crippen molar-refractivity contribution >= 4 is 36.4 Å². The molecule has 0 saturated carbocycles. The Bertz CT molecular complexity index is 900. The molecule has 9 heteroatoms. The number of pyridine rings is 1. The topological polar surface area (TPSA) is 81.1 Å². The summed E-state index contributed by atoms with van der Waals surface area (Å²) in [5.41, 5.74) is 0.00750. The van der Waals surface area contributed by atoms with Gasteiger partial charge in [0.25, 0.3) is 5.91 Å². The van der Waals surface area contributed by atoms with Crippen LogP contribution in [0.3, 0.4) is 0 Å². The van der Waals surface area contributed by atoms with E-state index in [1.165, 1.54) is 0 Å². The molecule has 1 aliphatic rings. The zero-order valence-electron chi connectivity index (χ0n) is 15.7. The Labute approximate surface area is 181 Å². The van der Waals surface area contributed by atoms with Crippen molar-refractivity contribution in [2.75, 3.05) is 18.4 Å².